The van der Waals surface area contributed by atoms with E-state index < -0.39 is 18.1 Å². The van der Waals surface area contributed by atoms with Crippen LogP contribution in [0.3, 0.4) is 0 Å². The first-order chi connectivity index (χ1) is 14.4. The Morgan fingerprint density at radius 2 is 1.70 bits per heavy atom. The van der Waals surface area contributed by atoms with Crippen LogP contribution >= 0.6 is 22.6 Å². The van der Waals surface area contributed by atoms with Crippen molar-refractivity contribution < 1.29 is 28.9 Å². The van der Waals surface area contributed by atoms with Crippen LogP contribution in [0.15, 0.2) is 24.3 Å². The van der Waals surface area contributed by atoms with E-state index in [4.69, 9.17) is 25.7 Å². The second-order valence-electron chi connectivity index (χ2n) is 6.61. The highest BCUT2D eigenvalue weighted by atomic mass is 127. The molecule has 0 aromatic heterocycles. The zero-order valence-electron chi connectivity index (χ0n) is 17.1. The van der Waals surface area contributed by atoms with Crippen LogP contribution in [0.5, 0.6) is 0 Å². The fourth-order valence-corrected chi connectivity index (χ4v) is 2.82. The summed E-state index contributed by atoms with van der Waals surface area (Å²) in [6.07, 6.45) is 0.381. The van der Waals surface area contributed by atoms with Crippen LogP contribution in [-0.4, -0.2) is 75.3 Å². The number of carboxylic acid groups (broad SMARTS) is 1. The van der Waals surface area contributed by atoms with Gasteiger partial charge in [0, 0.05) is 28.3 Å². The normalized spacial score (nSPS) is 13.0. The van der Waals surface area contributed by atoms with Crippen molar-refractivity contribution in [3.63, 3.8) is 0 Å². The van der Waals surface area contributed by atoms with Crippen molar-refractivity contribution in [2.24, 2.45) is 11.5 Å². The molecule has 1 aromatic carbocycles. The molecule has 0 bridgehead atoms. The van der Waals surface area contributed by atoms with Crippen LogP contribution in [-0.2, 0) is 19.0 Å². The van der Waals surface area contributed by atoms with Crippen LogP contribution < -0.4 is 16.8 Å². The number of benzene rings is 1. The number of nitrogens with one attached hydrogen (secondary N) is 1. The van der Waals surface area contributed by atoms with Gasteiger partial charge in [-0.15, -0.1) is 0 Å². The Bertz CT molecular complexity index is 617. The molecule has 0 spiro atoms. The molecule has 0 saturated heterocycles. The van der Waals surface area contributed by atoms with Crippen molar-refractivity contribution in [2.45, 2.75) is 31.4 Å². The molecule has 170 valence electrons. The molecule has 2 atom stereocenters. The van der Waals surface area contributed by atoms with Crippen molar-refractivity contribution >= 4 is 34.5 Å². The van der Waals surface area contributed by atoms with E-state index in [9.17, 15) is 14.7 Å². The maximum absolute atomic E-state index is 12.1. The van der Waals surface area contributed by atoms with E-state index in [1.54, 1.807) is 12.1 Å². The molecule has 1 rings (SSSR count). The highest BCUT2D eigenvalue weighted by molar-refractivity contribution is 14.1. The molecule has 0 aliphatic rings. The zero-order valence-corrected chi connectivity index (χ0v) is 19.2. The quantitative estimate of drug-likeness (QED) is 0.170. The molecule has 30 heavy (non-hydrogen) atoms. The maximum Gasteiger partial charge on any atom is 0.332 e. The number of rotatable bonds is 17. The van der Waals surface area contributed by atoms with Crippen molar-refractivity contribution in [2.75, 3.05) is 46.1 Å². The molecule has 0 aliphatic carbocycles. The molecule has 2 unspecified atom stereocenters. The lowest BCUT2D eigenvalue weighted by Crippen LogP contribution is -2.36. The van der Waals surface area contributed by atoms with Crippen molar-refractivity contribution in [3.8, 4) is 0 Å². The molecule has 1 amide bonds. The first-order valence-electron chi connectivity index (χ1n) is 9.93. The summed E-state index contributed by atoms with van der Waals surface area (Å²) in [5.41, 5.74) is 11.9. The van der Waals surface area contributed by atoms with Gasteiger partial charge in [0.2, 0.25) is 0 Å². The number of aliphatic carboxylic acids is 1. The predicted molar refractivity (Wildman–Crippen MR) is 121 cm³/mol. The summed E-state index contributed by atoms with van der Waals surface area (Å²) in [5, 5.41) is 12.1. The minimum atomic E-state index is -1.07. The molecular weight excluding hydrogens is 505 g/mol. The highest BCUT2D eigenvalue weighted by Crippen LogP contribution is 2.08. The lowest BCUT2D eigenvalue weighted by atomic mass is 10.1. The third-order valence-corrected chi connectivity index (χ3v) is 4.83. The summed E-state index contributed by atoms with van der Waals surface area (Å²) in [6, 6.07) is 6.79. The molecule has 0 radical (unpaired) electrons. The molecule has 0 saturated carbocycles. The van der Waals surface area contributed by atoms with Gasteiger partial charge < -0.3 is 36.1 Å². The lowest BCUT2D eigenvalue weighted by molar-refractivity contribution is -0.152. The van der Waals surface area contributed by atoms with Gasteiger partial charge >= 0.3 is 5.97 Å². The average Bonchev–Trinajstić information content (AvgIpc) is 2.72. The van der Waals surface area contributed by atoms with E-state index in [2.05, 4.69) is 27.9 Å². The standard InChI is InChI=1S/C20H32IN3O6/c21-16-4-2-15(3-5-16)19(25)24-8-6-17(23)14-18(20(26)27)30-13-12-29-11-10-28-9-1-7-22/h2-5,17-18H,1,6-14,22-23H2,(H,24,25)(H,26,27). The van der Waals surface area contributed by atoms with Crippen LogP contribution in [0.2, 0.25) is 0 Å². The Morgan fingerprint density at radius 1 is 1.07 bits per heavy atom. The number of hydrogen-bond donors (Lipinski definition) is 4. The number of carbonyl (C=O) groups is 2. The Hall–Kier alpha value is -1.31. The van der Waals surface area contributed by atoms with E-state index in [0.717, 1.165) is 9.99 Å². The third kappa shape index (κ3) is 12.4. The number of ether oxygens (including phenoxy) is 3. The topological polar surface area (TPSA) is 146 Å². The number of amides is 1. The second-order valence-corrected chi connectivity index (χ2v) is 7.86. The molecule has 6 N–H and O–H groups in total. The van der Waals surface area contributed by atoms with Gasteiger partial charge in [-0.05, 0) is 72.7 Å². The third-order valence-electron chi connectivity index (χ3n) is 4.11. The van der Waals surface area contributed by atoms with E-state index in [1.165, 1.54) is 0 Å². The van der Waals surface area contributed by atoms with Gasteiger partial charge in [0.25, 0.3) is 5.91 Å². The minimum Gasteiger partial charge on any atom is -0.479 e. The average molecular weight is 537 g/mol. The Morgan fingerprint density at radius 3 is 2.33 bits per heavy atom. The second kappa shape index (κ2) is 16.4. The summed E-state index contributed by atoms with van der Waals surface area (Å²) in [6.45, 7) is 2.83. The lowest BCUT2D eigenvalue weighted by Gasteiger charge is -2.18. The van der Waals surface area contributed by atoms with Crippen LogP contribution in [0.25, 0.3) is 0 Å². The highest BCUT2D eigenvalue weighted by Gasteiger charge is 2.21. The number of carboxylic acids is 1. The van der Waals surface area contributed by atoms with Crippen LogP contribution in [0, 0.1) is 3.57 Å². The Balaban J connectivity index is 2.18. The van der Waals surface area contributed by atoms with E-state index in [1.807, 2.05) is 12.1 Å². The van der Waals surface area contributed by atoms with Gasteiger partial charge in [0.15, 0.2) is 6.10 Å². The van der Waals surface area contributed by atoms with E-state index in [0.29, 0.717) is 44.9 Å². The van der Waals surface area contributed by atoms with Gasteiger partial charge in [-0.2, -0.15) is 0 Å². The maximum atomic E-state index is 12.1. The van der Waals surface area contributed by atoms with E-state index in [-0.39, 0.29) is 25.5 Å². The zero-order chi connectivity index (χ0) is 22.2. The molecule has 0 fully saturated rings. The summed E-state index contributed by atoms with van der Waals surface area (Å²) in [7, 11) is 0. The Labute approximate surface area is 190 Å². The molecular formula is C20H32IN3O6. The van der Waals surface area contributed by atoms with Gasteiger partial charge in [0.05, 0.1) is 26.4 Å². The molecule has 10 heteroatoms. The summed E-state index contributed by atoms with van der Waals surface area (Å²) < 4.78 is 17.1. The van der Waals surface area contributed by atoms with E-state index >= 15 is 0 Å². The van der Waals surface area contributed by atoms with Gasteiger partial charge in [0.1, 0.15) is 0 Å². The van der Waals surface area contributed by atoms with Crippen LogP contribution in [0.4, 0.5) is 0 Å². The minimum absolute atomic E-state index is 0.149. The first-order valence-corrected chi connectivity index (χ1v) is 11.0. The summed E-state index contributed by atoms with van der Waals surface area (Å²) in [5.74, 6) is -1.26. The SMILES string of the molecule is NCCCOCCOCCOC(CC(N)CCNC(=O)c1ccc(I)cc1)C(=O)O. The van der Waals surface area contributed by atoms with Crippen molar-refractivity contribution in [3.05, 3.63) is 33.4 Å². The number of carbonyl (C=O) groups excluding carboxylic acids is 1. The molecule has 0 heterocycles. The van der Waals surface area contributed by atoms with Crippen molar-refractivity contribution in [1.29, 1.82) is 0 Å². The first kappa shape index (κ1) is 26.7. The van der Waals surface area contributed by atoms with Gasteiger partial charge in [-0.1, -0.05) is 0 Å². The Kier molecular flexibility index (Phi) is 14.6. The largest absolute Gasteiger partial charge is 0.479 e. The van der Waals surface area contributed by atoms with Gasteiger partial charge in [-0.25, -0.2) is 4.79 Å². The summed E-state index contributed by atoms with van der Waals surface area (Å²) in [4.78, 5) is 23.4. The molecule has 0 aliphatic heterocycles. The predicted octanol–water partition coefficient (Wildman–Crippen LogP) is 0.980. The fraction of sp³-hybridized carbons (Fsp3) is 0.600. The van der Waals surface area contributed by atoms with Gasteiger partial charge in [-0.3, -0.25) is 4.79 Å². The number of hydrogen-bond acceptors (Lipinski definition) is 7. The molecule has 1 aromatic rings. The van der Waals surface area contributed by atoms with Crippen LogP contribution in [0.1, 0.15) is 29.6 Å². The van der Waals surface area contributed by atoms with Crippen molar-refractivity contribution in [1.82, 2.24) is 5.32 Å². The monoisotopic (exact) mass is 537 g/mol. The summed E-state index contributed by atoms with van der Waals surface area (Å²) >= 11 is 2.17. The number of halogens is 1. The molecule has 9 nitrogen and oxygen atoms in total. The number of nitrogens with two attached hydrogens (primary N) is 2. The fourth-order valence-electron chi connectivity index (χ4n) is 2.46. The smallest absolute Gasteiger partial charge is 0.332 e.